The highest BCUT2D eigenvalue weighted by Gasteiger charge is 2.23. The highest BCUT2D eigenvalue weighted by Crippen LogP contribution is 2.31. The first-order chi connectivity index (χ1) is 16.0. The number of hydrogen-bond donors (Lipinski definition) is 1. The second kappa shape index (κ2) is 9.81. The lowest BCUT2D eigenvalue weighted by atomic mass is 10.1. The van der Waals surface area contributed by atoms with Gasteiger partial charge in [-0.1, -0.05) is 42.0 Å². The molecule has 1 amide bonds. The van der Waals surface area contributed by atoms with Crippen LogP contribution in [0.2, 0.25) is 0 Å². The van der Waals surface area contributed by atoms with Crippen LogP contribution in [0, 0.1) is 13.8 Å². The van der Waals surface area contributed by atoms with Crippen molar-refractivity contribution in [1.29, 1.82) is 0 Å². The summed E-state index contributed by atoms with van der Waals surface area (Å²) >= 11 is 0. The van der Waals surface area contributed by atoms with Gasteiger partial charge in [0.25, 0.3) is 0 Å². The van der Waals surface area contributed by atoms with Crippen LogP contribution < -0.4 is 14.8 Å². The van der Waals surface area contributed by atoms with E-state index >= 15 is 0 Å². The van der Waals surface area contributed by atoms with Crippen LogP contribution in [0.5, 0.6) is 11.5 Å². The summed E-state index contributed by atoms with van der Waals surface area (Å²) in [4.78, 5) is 25.3. The SMILES string of the molecule is CCOC(=O)c1cc(-c2ccc(C)cc2)n(CC(=O)NC[C@@H]2COc3ccccc3O2)c1C. The van der Waals surface area contributed by atoms with Gasteiger partial charge >= 0.3 is 5.97 Å². The first-order valence-electron chi connectivity index (χ1n) is 11.1. The first kappa shape index (κ1) is 22.5. The van der Waals surface area contributed by atoms with Crippen LogP contribution in [-0.4, -0.2) is 42.3 Å². The highest BCUT2D eigenvalue weighted by molar-refractivity contribution is 5.93. The molecule has 7 nitrogen and oxygen atoms in total. The van der Waals surface area contributed by atoms with Crippen molar-refractivity contribution in [2.24, 2.45) is 0 Å². The molecule has 172 valence electrons. The smallest absolute Gasteiger partial charge is 0.339 e. The summed E-state index contributed by atoms with van der Waals surface area (Å²) in [6.45, 7) is 6.65. The summed E-state index contributed by atoms with van der Waals surface area (Å²) in [5, 5.41) is 2.93. The van der Waals surface area contributed by atoms with Gasteiger partial charge in [0.05, 0.1) is 18.7 Å². The lowest BCUT2D eigenvalue weighted by Gasteiger charge is -2.26. The molecular formula is C26H28N2O5. The van der Waals surface area contributed by atoms with Crippen LogP contribution in [0.15, 0.2) is 54.6 Å². The lowest BCUT2D eigenvalue weighted by Crippen LogP contribution is -2.41. The summed E-state index contributed by atoms with van der Waals surface area (Å²) in [7, 11) is 0. The quantitative estimate of drug-likeness (QED) is 0.555. The van der Waals surface area contributed by atoms with Gasteiger partial charge in [-0.25, -0.2) is 4.79 Å². The van der Waals surface area contributed by atoms with E-state index in [1.165, 1.54) is 0 Å². The normalized spacial score (nSPS) is 14.6. The Morgan fingerprint density at radius 2 is 1.82 bits per heavy atom. The number of nitrogens with zero attached hydrogens (tertiary/aromatic N) is 1. The van der Waals surface area contributed by atoms with Gasteiger partial charge < -0.3 is 24.1 Å². The summed E-state index contributed by atoms with van der Waals surface area (Å²) in [5.41, 5.74) is 3.99. The van der Waals surface area contributed by atoms with Crippen molar-refractivity contribution in [2.75, 3.05) is 19.8 Å². The van der Waals surface area contributed by atoms with E-state index in [4.69, 9.17) is 14.2 Å². The molecule has 0 aliphatic carbocycles. The van der Waals surface area contributed by atoms with Gasteiger partial charge in [0.15, 0.2) is 11.5 Å². The number of hydrogen-bond acceptors (Lipinski definition) is 5. The van der Waals surface area contributed by atoms with Crippen LogP contribution in [0.4, 0.5) is 0 Å². The Labute approximate surface area is 193 Å². The molecule has 0 saturated heterocycles. The Balaban J connectivity index is 1.49. The number of carbonyl (C=O) groups is 2. The molecular weight excluding hydrogens is 420 g/mol. The van der Waals surface area contributed by atoms with E-state index in [0.29, 0.717) is 35.9 Å². The monoisotopic (exact) mass is 448 g/mol. The van der Waals surface area contributed by atoms with Crippen molar-refractivity contribution in [3.05, 3.63) is 71.4 Å². The zero-order valence-corrected chi connectivity index (χ0v) is 19.1. The fourth-order valence-corrected chi connectivity index (χ4v) is 3.82. The molecule has 33 heavy (non-hydrogen) atoms. The van der Waals surface area contributed by atoms with Crippen LogP contribution in [-0.2, 0) is 16.1 Å². The fourth-order valence-electron chi connectivity index (χ4n) is 3.82. The molecule has 7 heteroatoms. The predicted molar refractivity (Wildman–Crippen MR) is 125 cm³/mol. The fraction of sp³-hybridized carbons (Fsp3) is 0.308. The van der Waals surface area contributed by atoms with Gasteiger partial charge in [-0.3, -0.25) is 4.79 Å². The van der Waals surface area contributed by atoms with Crippen molar-refractivity contribution in [3.8, 4) is 22.8 Å². The molecule has 2 heterocycles. The van der Waals surface area contributed by atoms with Crippen molar-refractivity contribution < 1.29 is 23.8 Å². The van der Waals surface area contributed by atoms with Gasteiger partial charge in [-0.05, 0) is 44.5 Å². The Kier molecular flexibility index (Phi) is 6.68. The topological polar surface area (TPSA) is 78.8 Å². The number of carbonyl (C=O) groups excluding carboxylic acids is 2. The maximum absolute atomic E-state index is 12.9. The maximum Gasteiger partial charge on any atom is 0.339 e. The van der Waals surface area contributed by atoms with Gasteiger partial charge in [-0.15, -0.1) is 0 Å². The summed E-state index contributed by atoms with van der Waals surface area (Å²) in [5.74, 6) is 0.802. The largest absolute Gasteiger partial charge is 0.486 e. The van der Waals surface area contributed by atoms with Crippen molar-refractivity contribution in [2.45, 2.75) is 33.4 Å². The first-order valence-corrected chi connectivity index (χ1v) is 11.1. The Bertz CT molecular complexity index is 1150. The van der Waals surface area contributed by atoms with E-state index in [9.17, 15) is 9.59 Å². The Morgan fingerprint density at radius 3 is 2.55 bits per heavy atom. The number of para-hydroxylation sites is 2. The van der Waals surface area contributed by atoms with E-state index in [0.717, 1.165) is 16.8 Å². The minimum atomic E-state index is -0.395. The number of benzene rings is 2. The van der Waals surface area contributed by atoms with E-state index in [-0.39, 0.29) is 25.2 Å². The molecule has 1 atom stereocenters. The minimum absolute atomic E-state index is 0.0681. The third-order valence-electron chi connectivity index (χ3n) is 5.61. The van der Waals surface area contributed by atoms with Crippen LogP contribution in [0.25, 0.3) is 11.3 Å². The molecule has 1 aliphatic rings. The van der Waals surface area contributed by atoms with Gasteiger partial charge in [0.1, 0.15) is 19.3 Å². The molecule has 0 bridgehead atoms. The second-order valence-corrected chi connectivity index (χ2v) is 8.00. The predicted octanol–water partition coefficient (Wildman–Crippen LogP) is 3.90. The van der Waals surface area contributed by atoms with Crippen LogP contribution in [0.1, 0.15) is 28.5 Å². The van der Waals surface area contributed by atoms with Crippen molar-refractivity contribution >= 4 is 11.9 Å². The van der Waals surface area contributed by atoms with Gasteiger partial charge in [0, 0.05) is 11.4 Å². The molecule has 0 saturated carbocycles. The average molecular weight is 449 g/mol. The molecule has 4 rings (SSSR count). The van der Waals surface area contributed by atoms with Crippen molar-refractivity contribution in [1.82, 2.24) is 9.88 Å². The molecule has 0 unspecified atom stereocenters. The lowest BCUT2D eigenvalue weighted by molar-refractivity contribution is -0.122. The maximum atomic E-state index is 12.9. The zero-order chi connectivity index (χ0) is 23.4. The number of ether oxygens (including phenoxy) is 3. The summed E-state index contributed by atoms with van der Waals surface area (Å²) < 4.78 is 18.7. The number of nitrogens with one attached hydrogen (secondary N) is 1. The number of esters is 1. The number of amides is 1. The third-order valence-corrected chi connectivity index (χ3v) is 5.61. The Morgan fingerprint density at radius 1 is 1.09 bits per heavy atom. The van der Waals surface area contributed by atoms with Gasteiger partial charge in [0.2, 0.25) is 5.91 Å². The summed E-state index contributed by atoms with van der Waals surface area (Å²) in [6.07, 6.45) is -0.277. The molecule has 0 radical (unpaired) electrons. The third kappa shape index (κ3) is 5.03. The molecule has 0 spiro atoms. The minimum Gasteiger partial charge on any atom is -0.486 e. The molecule has 1 N–H and O–H groups in total. The van der Waals surface area contributed by atoms with E-state index < -0.39 is 5.97 Å². The standard InChI is InChI=1S/C26H28N2O5/c1-4-31-26(30)21-13-22(19-11-9-17(2)10-12-19)28(18(21)3)15-25(29)27-14-20-16-32-23-7-5-6-8-24(23)33-20/h5-13,20H,4,14-16H2,1-3H3,(H,27,29)/t20-/m1/s1. The molecule has 3 aromatic rings. The second-order valence-electron chi connectivity index (χ2n) is 8.00. The van der Waals surface area contributed by atoms with Crippen LogP contribution >= 0.6 is 0 Å². The zero-order valence-electron chi connectivity index (χ0n) is 19.1. The van der Waals surface area contributed by atoms with Gasteiger partial charge in [-0.2, -0.15) is 0 Å². The molecule has 2 aromatic carbocycles. The number of aromatic nitrogens is 1. The Hall–Kier alpha value is -3.74. The molecule has 0 fully saturated rings. The van der Waals surface area contributed by atoms with E-state index in [1.54, 1.807) is 13.0 Å². The number of rotatable bonds is 7. The van der Waals surface area contributed by atoms with E-state index in [2.05, 4.69) is 5.32 Å². The molecule has 1 aromatic heterocycles. The average Bonchev–Trinajstić information content (AvgIpc) is 3.14. The number of aryl methyl sites for hydroxylation is 1. The number of fused-ring (bicyclic) bond motifs is 1. The van der Waals surface area contributed by atoms with Crippen molar-refractivity contribution in [3.63, 3.8) is 0 Å². The highest BCUT2D eigenvalue weighted by atomic mass is 16.6. The van der Waals surface area contributed by atoms with Crippen LogP contribution in [0.3, 0.4) is 0 Å². The summed E-state index contributed by atoms with van der Waals surface area (Å²) in [6, 6.07) is 17.2. The molecule has 1 aliphatic heterocycles. The van der Waals surface area contributed by atoms with E-state index in [1.807, 2.05) is 66.9 Å².